The molecule has 2 heterocycles. The molecule has 30 heavy (non-hydrogen) atoms. The van der Waals surface area contributed by atoms with E-state index in [0.29, 0.717) is 5.91 Å². The minimum atomic E-state index is 0.132. The number of likely N-dealkylation sites (tertiary alicyclic amines) is 1. The van der Waals surface area contributed by atoms with Crippen LogP contribution in [0.4, 0.5) is 5.69 Å². The number of thiophene rings is 1. The summed E-state index contributed by atoms with van der Waals surface area (Å²) in [6.45, 7) is 5.40. The normalized spacial score (nSPS) is 22.7. The van der Waals surface area contributed by atoms with Crippen molar-refractivity contribution in [3.05, 3.63) is 41.8 Å². The number of hydrogen-bond acceptors (Lipinski definition) is 3. The number of amides is 2. The zero-order chi connectivity index (χ0) is 21.1. The first kappa shape index (κ1) is 21.1. The van der Waals surface area contributed by atoms with Crippen molar-refractivity contribution in [1.29, 1.82) is 0 Å². The number of carbonyl (C=O) groups excluding carboxylic acids is 2. The number of anilines is 1. The molecular weight excluding hydrogens is 392 g/mol. The van der Waals surface area contributed by atoms with Crippen LogP contribution in [0.3, 0.4) is 0 Å². The summed E-state index contributed by atoms with van der Waals surface area (Å²) < 4.78 is 0. The van der Waals surface area contributed by atoms with E-state index in [1.807, 2.05) is 11.0 Å². The third-order valence-electron chi connectivity index (χ3n) is 6.80. The molecule has 1 aliphatic heterocycles. The SMILES string of the molecule is CC(=O)N1CCC(N(C(=O)C2CCC(C)CC2)c2csc(-c3ccccc3)c2)CC1. The van der Waals surface area contributed by atoms with Crippen LogP contribution in [0.2, 0.25) is 0 Å². The Bertz CT molecular complexity index is 862. The Morgan fingerprint density at radius 1 is 1.00 bits per heavy atom. The highest BCUT2D eigenvalue weighted by molar-refractivity contribution is 7.14. The van der Waals surface area contributed by atoms with Gasteiger partial charge in [-0.25, -0.2) is 0 Å². The first-order chi connectivity index (χ1) is 14.5. The summed E-state index contributed by atoms with van der Waals surface area (Å²) in [5.41, 5.74) is 2.22. The molecule has 0 atom stereocenters. The second kappa shape index (κ2) is 9.34. The Morgan fingerprint density at radius 2 is 1.67 bits per heavy atom. The Labute approximate surface area is 183 Å². The Balaban J connectivity index is 1.58. The summed E-state index contributed by atoms with van der Waals surface area (Å²) >= 11 is 1.71. The monoisotopic (exact) mass is 424 g/mol. The molecule has 1 aromatic carbocycles. The van der Waals surface area contributed by atoms with Crippen LogP contribution in [0, 0.1) is 11.8 Å². The molecule has 1 saturated carbocycles. The molecule has 160 valence electrons. The van der Waals surface area contributed by atoms with Crippen molar-refractivity contribution in [3.63, 3.8) is 0 Å². The van der Waals surface area contributed by atoms with Gasteiger partial charge in [-0.05, 0) is 56.1 Å². The molecule has 0 bridgehead atoms. The summed E-state index contributed by atoms with van der Waals surface area (Å²) in [7, 11) is 0. The van der Waals surface area contributed by atoms with E-state index in [1.165, 1.54) is 10.4 Å². The number of rotatable bonds is 4. The van der Waals surface area contributed by atoms with Crippen LogP contribution in [0.15, 0.2) is 41.8 Å². The van der Waals surface area contributed by atoms with Gasteiger partial charge in [0.2, 0.25) is 11.8 Å². The molecule has 1 saturated heterocycles. The van der Waals surface area contributed by atoms with Crippen LogP contribution in [0.1, 0.15) is 52.4 Å². The van der Waals surface area contributed by atoms with E-state index in [0.717, 1.165) is 63.2 Å². The highest BCUT2D eigenvalue weighted by Gasteiger charge is 2.35. The lowest BCUT2D eigenvalue weighted by molar-refractivity contribution is -0.129. The predicted molar refractivity (Wildman–Crippen MR) is 124 cm³/mol. The van der Waals surface area contributed by atoms with Gasteiger partial charge < -0.3 is 9.80 Å². The minimum absolute atomic E-state index is 0.132. The lowest BCUT2D eigenvalue weighted by Gasteiger charge is -2.40. The third-order valence-corrected chi connectivity index (χ3v) is 7.77. The van der Waals surface area contributed by atoms with Gasteiger partial charge in [0.1, 0.15) is 0 Å². The second-order valence-electron chi connectivity index (χ2n) is 8.94. The largest absolute Gasteiger partial charge is 0.343 e. The number of benzene rings is 1. The van der Waals surface area contributed by atoms with Crippen LogP contribution in [0.5, 0.6) is 0 Å². The number of piperidine rings is 1. The van der Waals surface area contributed by atoms with Crippen molar-refractivity contribution in [3.8, 4) is 10.4 Å². The number of hydrogen-bond donors (Lipinski definition) is 0. The fourth-order valence-corrected chi connectivity index (χ4v) is 5.76. The molecule has 0 radical (unpaired) electrons. The molecule has 0 spiro atoms. The van der Waals surface area contributed by atoms with E-state index in [1.54, 1.807) is 18.3 Å². The maximum Gasteiger partial charge on any atom is 0.230 e. The van der Waals surface area contributed by atoms with Crippen LogP contribution < -0.4 is 4.90 Å². The molecular formula is C25H32N2O2S. The summed E-state index contributed by atoms with van der Waals surface area (Å²) in [5, 5.41) is 2.14. The summed E-state index contributed by atoms with van der Waals surface area (Å²) in [5.74, 6) is 1.29. The smallest absolute Gasteiger partial charge is 0.230 e. The van der Waals surface area contributed by atoms with E-state index in [4.69, 9.17) is 0 Å². The predicted octanol–water partition coefficient (Wildman–Crippen LogP) is 5.59. The van der Waals surface area contributed by atoms with Gasteiger partial charge in [-0.3, -0.25) is 9.59 Å². The molecule has 2 amide bonds. The molecule has 4 nitrogen and oxygen atoms in total. The van der Waals surface area contributed by atoms with Crippen molar-refractivity contribution in [2.24, 2.45) is 11.8 Å². The van der Waals surface area contributed by atoms with Crippen molar-refractivity contribution < 1.29 is 9.59 Å². The van der Waals surface area contributed by atoms with Crippen molar-refractivity contribution >= 4 is 28.8 Å². The highest BCUT2D eigenvalue weighted by atomic mass is 32.1. The van der Waals surface area contributed by atoms with E-state index < -0.39 is 0 Å². The van der Waals surface area contributed by atoms with Gasteiger partial charge in [-0.2, -0.15) is 0 Å². The van der Waals surface area contributed by atoms with Gasteiger partial charge in [0.15, 0.2) is 0 Å². The molecule has 5 heteroatoms. The zero-order valence-electron chi connectivity index (χ0n) is 18.0. The first-order valence-corrected chi connectivity index (χ1v) is 12.1. The summed E-state index contributed by atoms with van der Waals surface area (Å²) in [6.07, 6.45) is 5.99. The minimum Gasteiger partial charge on any atom is -0.343 e. The first-order valence-electron chi connectivity index (χ1n) is 11.3. The third kappa shape index (κ3) is 4.61. The highest BCUT2D eigenvalue weighted by Crippen LogP contribution is 2.37. The molecule has 4 rings (SSSR count). The van der Waals surface area contributed by atoms with Crippen LogP contribution >= 0.6 is 11.3 Å². The van der Waals surface area contributed by atoms with E-state index in [9.17, 15) is 9.59 Å². The Morgan fingerprint density at radius 3 is 2.30 bits per heavy atom. The van der Waals surface area contributed by atoms with Crippen LogP contribution in [0.25, 0.3) is 10.4 Å². The molecule has 2 aromatic rings. The fourth-order valence-electron chi connectivity index (χ4n) is 4.87. The number of nitrogens with zero attached hydrogens (tertiary/aromatic N) is 2. The van der Waals surface area contributed by atoms with Crippen molar-refractivity contribution in [2.75, 3.05) is 18.0 Å². The average Bonchev–Trinajstić information content (AvgIpc) is 3.25. The molecule has 0 N–H and O–H groups in total. The average molecular weight is 425 g/mol. The lowest BCUT2D eigenvalue weighted by atomic mass is 9.82. The van der Waals surface area contributed by atoms with Crippen LogP contribution in [-0.2, 0) is 9.59 Å². The van der Waals surface area contributed by atoms with Gasteiger partial charge in [0.05, 0.1) is 5.69 Å². The fraction of sp³-hybridized carbons (Fsp3) is 0.520. The maximum absolute atomic E-state index is 13.7. The second-order valence-corrected chi connectivity index (χ2v) is 9.85. The standard InChI is InChI=1S/C25H32N2O2S/c1-18-8-10-21(11-9-18)25(29)27(22-12-14-26(15-13-22)19(2)28)23-16-24(30-17-23)20-6-4-3-5-7-20/h3-7,16-18,21-22H,8-15H2,1-2H3. The van der Waals surface area contributed by atoms with Gasteiger partial charge in [-0.15, -0.1) is 11.3 Å². The quantitative estimate of drug-likeness (QED) is 0.642. The lowest BCUT2D eigenvalue weighted by Crippen LogP contribution is -2.50. The Kier molecular flexibility index (Phi) is 6.57. The van der Waals surface area contributed by atoms with E-state index in [2.05, 4.69) is 47.5 Å². The van der Waals surface area contributed by atoms with Crippen LogP contribution in [-0.4, -0.2) is 35.8 Å². The zero-order valence-corrected chi connectivity index (χ0v) is 18.9. The molecule has 1 aliphatic carbocycles. The molecule has 2 aliphatic rings. The topological polar surface area (TPSA) is 40.6 Å². The van der Waals surface area contributed by atoms with Gasteiger partial charge in [0, 0.05) is 42.2 Å². The van der Waals surface area contributed by atoms with E-state index >= 15 is 0 Å². The summed E-state index contributed by atoms with van der Waals surface area (Å²) in [6, 6.07) is 12.7. The molecule has 1 aromatic heterocycles. The molecule has 0 unspecified atom stereocenters. The van der Waals surface area contributed by atoms with Crippen molar-refractivity contribution in [2.45, 2.75) is 58.4 Å². The van der Waals surface area contributed by atoms with Gasteiger partial charge in [-0.1, -0.05) is 37.3 Å². The van der Waals surface area contributed by atoms with Gasteiger partial charge in [0.25, 0.3) is 0 Å². The maximum atomic E-state index is 13.7. The number of carbonyl (C=O) groups is 2. The van der Waals surface area contributed by atoms with E-state index in [-0.39, 0.29) is 17.9 Å². The van der Waals surface area contributed by atoms with Gasteiger partial charge >= 0.3 is 0 Å². The van der Waals surface area contributed by atoms with Crippen molar-refractivity contribution in [1.82, 2.24) is 4.90 Å². The summed E-state index contributed by atoms with van der Waals surface area (Å²) in [4.78, 5) is 30.7. The Hall–Kier alpha value is -2.14. The molecule has 2 fully saturated rings.